The van der Waals surface area contributed by atoms with E-state index in [9.17, 15) is 0 Å². The third kappa shape index (κ3) is 10.3. The van der Waals surface area contributed by atoms with Crippen LogP contribution in [-0.4, -0.2) is 18.5 Å². The van der Waals surface area contributed by atoms with Crippen molar-refractivity contribution in [1.29, 1.82) is 0 Å². The molecule has 0 aromatic heterocycles. The van der Waals surface area contributed by atoms with Gasteiger partial charge < -0.3 is 4.90 Å². The van der Waals surface area contributed by atoms with Crippen molar-refractivity contribution in [3.8, 4) is 0 Å². The molecule has 0 aliphatic heterocycles. The molecule has 0 radical (unpaired) electrons. The molecule has 0 spiro atoms. The SMILES string of the molecule is C=C/C=C\N(C)CC.CC. The second-order valence-corrected chi connectivity index (χ2v) is 1.65. The molecular weight excluding hydrogens is 122 g/mol. The maximum Gasteiger partial charge on any atom is 0.0140 e. The second-order valence-electron chi connectivity index (χ2n) is 1.65. The van der Waals surface area contributed by atoms with E-state index in [0.717, 1.165) is 6.54 Å². The van der Waals surface area contributed by atoms with Crippen LogP contribution in [0.4, 0.5) is 0 Å². The molecule has 0 saturated heterocycles. The standard InChI is InChI=1S/C7H13N.C2H6/c1-4-6-7-8(3)5-2;1-2/h4,6-7H,1,5H2,2-3H3;1-2H3/b7-6-;. The van der Waals surface area contributed by atoms with E-state index in [1.54, 1.807) is 6.08 Å². The summed E-state index contributed by atoms with van der Waals surface area (Å²) in [5.41, 5.74) is 0. The Morgan fingerprint density at radius 3 is 2.20 bits per heavy atom. The van der Waals surface area contributed by atoms with Crippen molar-refractivity contribution >= 4 is 0 Å². The average Bonchev–Trinajstić information content (AvgIpc) is 2.04. The normalized spacial score (nSPS) is 8.40. The Balaban J connectivity index is 0. The molecule has 10 heavy (non-hydrogen) atoms. The first kappa shape index (κ1) is 12.0. The summed E-state index contributed by atoms with van der Waals surface area (Å²) in [5, 5.41) is 0. The first-order chi connectivity index (χ1) is 4.81. The van der Waals surface area contributed by atoms with Crippen molar-refractivity contribution in [3.05, 3.63) is 24.9 Å². The molecule has 0 aromatic rings. The van der Waals surface area contributed by atoms with Gasteiger partial charge >= 0.3 is 0 Å². The van der Waals surface area contributed by atoms with Crippen LogP contribution >= 0.6 is 0 Å². The summed E-state index contributed by atoms with van der Waals surface area (Å²) >= 11 is 0. The Labute approximate surface area is 65.0 Å². The van der Waals surface area contributed by atoms with E-state index in [0.29, 0.717) is 0 Å². The number of rotatable bonds is 3. The smallest absolute Gasteiger partial charge is 0.0140 e. The second kappa shape index (κ2) is 11.1. The maximum absolute atomic E-state index is 3.55. The fourth-order valence-corrected chi connectivity index (χ4v) is 0.313. The van der Waals surface area contributed by atoms with Crippen LogP contribution in [0, 0.1) is 0 Å². The van der Waals surface area contributed by atoms with E-state index >= 15 is 0 Å². The summed E-state index contributed by atoms with van der Waals surface area (Å²) in [7, 11) is 2.03. The molecule has 0 bridgehead atoms. The minimum Gasteiger partial charge on any atom is -0.381 e. The quantitative estimate of drug-likeness (QED) is 0.546. The molecule has 0 rings (SSSR count). The van der Waals surface area contributed by atoms with E-state index < -0.39 is 0 Å². The van der Waals surface area contributed by atoms with Gasteiger partial charge in [0.1, 0.15) is 0 Å². The van der Waals surface area contributed by atoms with Gasteiger partial charge in [-0.1, -0.05) is 26.5 Å². The van der Waals surface area contributed by atoms with Crippen molar-refractivity contribution in [3.63, 3.8) is 0 Å². The lowest BCUT2D eigenvalue weighted by Gasteiger charge is -2.07. The summed E-state index contributed by atoms with van der Waals surface area (Å²) in [4.78, 5) is 2.08. The molecule has 0 atom stereocenters. The minimum atomic E-state index is 1.05. The molecule has 1 heteroatoms. The maximum atomic E-state index is 3.55. The molecule has 0 aromatic carbocycles. The highest BCUT2D eigenvalue weighted by atomic mass is 15.1. The van der Waals surface area contributed by atoms with Crippen LogP contribution in [0.3, 0.4) is 0 Å². The van der Waals surface area contributed by atoms with E-state index in [1.165, 1.54) is 0 Å². The van der Waals surface area contributed by atoms with Crippen molar-refractivity contribution in [2.45, 2.75) is 20.8 Å². The van der Waals surface area contributed by atoms with Crippen molar-refractivity contribution in [2.75, 3.05) is 13.6 Å². The van der Waals surface area contributed by atoms with Gasteiger partial charge in [0.2, 0.25) is 0 Å². The average molecular weight is 141 g/mol. The van der Waals surface area contributed by atoms with Crippen LogP contribution in [-0.2, 0) is 0 Å². The van der Waals surface area contributed by atoms with Crippen LogP contribution in [0.5, 0.6) is 0 Å². The van der Waals surface area contributed by atoms with Crippen molar-refractivity contribution in [1.82, 2.24) is 4.90 Å². The molecule has 60 valence electrons. The molecule has 0 unspecified atom stereocenters. The van der Waals surface area contributed by atoms with Gasteiger partial charge in [-0.25, -0.2) is 0 Å². The van der Waals surface area contributed by atoms with Crippen LogP contribution in [0.1, 0.15) is 20.8 Å². The molecule has 0 aliphatic carbocycles. The molecule has 0 aliphatic rings. The van der Waals surface area contributed by atoms with Crippen LogP contribution in [0.2, 0.25) is 0 Å². The lowest BCUT2D eigenvalue weighted by atomic mass is 10.5. The Hall–Kier alpha value is -0.720. The monoisotopic (exact) mass is 141 g/mol. The predicted octanol–water partition coefficient (Wildman–Crippen LogP) is 2.66. The zero-order valence-corrected chi connectivity index (χ0v) is 7.59. The number of hydrogen-bond acceptors (Lipinski definition) is 1. The van der Waals surface area contributed by atoms with Gasteiger partial charge in [-0.15, -0.1) is 0 Å². The number of nitrogens with zero attached hydrogens (tertiary/aromatic N) is 1. The zero-order valence-electron chi connectivity index (χ0n) is 7.59. The Bertz CT molecular complexity index is 84.7. The highest BCUT2D eigenvalue weighted by Crippen LogP contribution is 1.81. The largest absolute Gasteiger partial charge is 0.381 e. The molecule has 1 nitrogen and oxygen atoms in total. The van der Waals surface area contributed by atoms with Gasteiger partial charge in [0.05, 0.1) is 0 Å². The summed E-state index contributed by atoms with van der Waals surface area (Å²) in [5.74, 6) is 0. The van der Waals surface area contributed by atoms with Crippen LogP contribution in [0.25, 0.3) is 0 Å². The number of hydrogen-bond donors (Lipinski definition) is 0. The first-order valence-electron chi connectivity index (χ1n) is 3.80. The fraction of sp³-hybridized carbons (Fsp3) is 0.556. The third-order valence-corrected chi connectivity index (χ3v) is 0.975. The number of allylic oxidation sites excluding steroid dienone is 2. The third-order valence-electron chi connectivity index (χ3n) is 0.975. The van der Waals surface area contributed by atoms with Gasteiger partial charge in [-0.2, -0.15) is 0 Å². The van der Waals surface area contributed by atoms with Crippen LogP contribution in [0.15, 0.2) is 24.9 Å². The molecule has 0 amide bonds. The molecule has 0 saturated carbocycles. The van der Waals surface area contributed by atoms with E-state index in [4.69, 9.17) is 0 Å². The molecule has 0 heterocycles. The predicted molar refractivity (Wildman–Crippen MR) is 49.0 cm³/mol. The molecule has 0 fully saturated rings. The van der Waals surface area contributed by atoms with Gasteiger partial charge in [0, 0.05) is 13.6 Å². The van der Waals surface area contributed by atoms with E-state index in [1.807, 2.05) is 33.2 Å². The topological polar surface area (TPSA) is 3.24 Å². The summed E-state index contributed by atoms with van der Waals surface area (Å²) < 4.78 is 0. The molecule has 0 N–H and O–H groups in total. The first-order valence-corrected chi connectivity index (χ1v) is 3.80. The Morgan fingerprint density at radius 2 is 1.90 bits per heavy atom. The molecular formula is C9H19N. The zero-order chi connectivity index (χ0) is 8.41. The van der Waals surface area contributed by atoms with Gasteiger partial charge in [-0.05, 0) is 19.2 Å². The van der Waals surface area contributed by atoms with Crippen molar-refractivity contribution < 1.29 is 0 Å². The summed E-state index contributed by atoms with van der Waals surface area (Å²) in [6.07, 6.45) is 5.68. The van der Waals surface area contributed by atoms with Crippen molar-refractivity contribution in [2.24, 2.45) is 0 Å². The van der Waals surface area contributed by atoms with Gasteiger partial charge in [-0.3, -0.25) is 0 Å². The highest BCUT2D eigenvalue weighted by Gasteiger charge is 1.77. The Morgan fingerprint density at radius 1 is 1.40 bits per heavy atom. The Kier molecular flexibility index (Phi) is 13.4. The summed E-state index contributed by atoms with van der Waals surface area (Å²) in [6, 6.07) is 0. The lowest BCUT2D eigenvalue weighted by Crippen LogP contribution is -2.07. The highest BCUT2D eigenvalue weighted by molar-refractivity contribution is 4.95. The summed E-state index contributed by atoms with van der Waals surface area (Å²) in [6.45, 7) is 10.7. The van der Waals surface area contributed by atoms with E-state index in [2.05, 4.69) is 18.4 Å². The van der Waals surface area contributed by atoms with E-state index in [-0.39, 0.29) is 0 Å². The van der Waals surface area contributed by atoms with Gasteiger partial charge in [0.15, 0.2) is 0 Å². The minimum absolute atomic E-state index is 1.05. The fourth-order valence-electron chi connectivity index (χ4n) is 0.313. The van der Waals surface area contributed by atoms with Gasteiger partial charge in [0.25, 0.3) is 0 Å². The lowest BCUT2D eigenvalue weighted by molar-refractivity contribution is 0.484. The van der Waals surface area contributed by atoms with Crippen LogP contribution < -0.4 is 0 Å².